The van der Waals surface area contributed by atoms with Crippen molar-refractivity contribution in [1.29, 1.82) is 0 Å². The number of carbonyl (C=O) groups excluding carboxylic acids is 2. The van der Waals surface area contributed by atoms with E-state index in [0.717, 1.165) is 25.7 Å². The maximum Gasteiger partial charge on any atom is 0.338 e. The van der Waals surface area contributed by atoms with Crippen LogP contribution in [0, 0.1) is 22.7 Å². The minimum atomic E-state index is -0.747. The Balaban J connectivity index is 1.33. The molecule has 0 radical (unpaired) electrons. The predicted molar refractivity (Wildman–Crippen MR) is 148 cm³/mol. The molecular weight excluding hydrogens is 492 g/mol. The lowest BCUT2D eigenvalue weighted by Gasteiger charge is -2.49. The van der Waals surface area contributed by atoms with Crippen LogP contribution in [0.2, 0.25) is 0 Å². The molecule has 1 aliphatic carbocycles. The standard InChI is InChI=1S/C33H42O6/c1-7-30(4)20-26-27(32(30,6)23(3)37-29(35)25-16-12-9-13-17-25)22(2)33(38-26)19-18-31(5,39-33)21-36-28(34)24-14-10-8-11-15-24/h8-17,22-23,26-27H,7,18-21H2,1-6H3/t22-,23+,26-,27-,30-,31-,32+,33-/m0/s1. The molecule has 1 saturated carbocycles. The van der Waals surface area contributed by atoms with E-state index in [0.29, 0.717) is 11.1 Å². The van der Waals surface area contributed by atoms with Gasteiger partial charge in [0, 0.05) is 23.7 Å². The van der Waals surface area contributed by atoms with Crippen LogP contribution in [0.3, 0.4) is 0 Å². The Morgan fingerprint density at radius 2 is 1.54 bits per heavy atom. The summed E-state index contributed by atoms with van der Waals surface area (Å²) in [5, 5.41) is 0. The van der Waals surface area contributed by atoms with Gasteiger partial charge in [0.05, 0.1) is 17.2 Å². The van der Waals surface area contributed by atoms with E-state index < -0.39 is 11.4 Å². The summed E-state index contributed by atoms with van der Waals surface area (Å²) in [4.78, 5) is 25.7. The van der Waals surface area contributed by atoms with E-state index in [1.165, 1.54) is 0 Å². The summed E-state index contributed by atoms with van der Waals surface area (Å²) in [5.74, 6) is -1.17. The number of esters is 2. The molecule has 8 atom stereocenters. The number of hydrogen-bond acceptors (Lipinski definition) is 6. The van der Waals surface area contributed by atoms with Gasteiger partial charge in [-0.25, -0.2) is 9.59 Å². The zero-order chi connectivity index (χ0) is 28.1. The Hall–Kier alpha value is -2.70. The monoisotopic (exact) mass is 534 g/mol. The van der Waals surface area contributed by atoms with E-state index in [-0.39, 0.29) is 53.4 Å². The van der Waals surface area contributed by atoms with E-state index >= 15 is 0 Å². The van der Waals surface area contributed by atoms with Gasteiger partial charge < -0.3 is 18.9 Å². The van der Waals surface area contributed by atoms with Crippen molar-refractivity contribution in [3.05, 3.63) is 71.8 Å². The van der Waals surface area contributed by atoms with Crippen molar-refractivity contribution in [2.75, 3.05) is 6.61 Å². The lowest BCUT2D eigenvalue weighted by Crippen LogP contribution is -2.51. The Labute approximate surface area is 232 Å². The molecule has 6 nitrogen and oxygen atoms in total. The van der Waals surface area contributed by atoms with Crippen LogP contribution in [0.15, 0.2) is 60.7 Å². The predicted octanol–water partition coefficient (Wildman–Crippen LogP) is 6.83. The Morgan fingerprint density at radius 1 is 0.949 bits per heavy atom. The van der Waals surface area contributed by atoms with Gasteiger partial charge in [-0.05, 0) is 62.8 Å². The Morgan fingerprint density at radius 3 is 2.13 bits per heavy atom. The van der Waals surface area contributed by atoms with E-state index in [2.05, 4.69) is 27.7 Å². The molecule has 0 bridgehead atoms. The normalized spacial score (nSPS) is 37.9. The van der Waals surface area contributed by atoms with Gasteiger partial charge in [-0.1, -0.05) is 64.1 Å². The van der Waals surface area contributed by atoms with Crippen LogP contribution in [-0.4, -0.2) is 42.1 Å². The molecular formula is C33H42O6. The van der Waals surface area contributed by atoms with E-state index in [1.54, 1.807) is 24.3 Å². The highest BCUT2D eigenvalue weighted by atomic mass is 16.7. The van der Waals surface area contributed by atoms with Gasteiger partial charge in [0.25, 0.3) is 0 Å². The minimum absolute atomic E-state index is 0.00189. The second kappa shape index (κ2) is 10.0. The van der Waals surface area contributed by atoms with Crippen molar-refractivity contribution in [2.24, 2.45) is 22.7 Å². The molecule has 3 aliphatic rings. The molecule has 5 rings (SSSR count). The molecule has 0 N–H and O–H groups in total. The summed E-state index contributed by atoms with van der Waals surface area (Å²) in [6.07, 6.45) is 3.00. The van der Waals surface area contributed by atoms with Crippen molar-refractivity contribution < 1.29 is 28.5 Å². The number of benzene rings is 2. The number of ether oxygens (including phenoxy) is 4. The summed E-state index contributed by atoms with van der Waals surface area (Å²) < 4.78 is 25.5. The third-order valence-electron chi connectivity index (χ3n) is 10.5. The zero-order valence-electron chi connectivity index (χ0n) is 24.1. The van der Waals surface area contributed by atoms with E-state index in [9.17, 15) is 9.59 Å². The van der Waals surface area contributed by atoms with Gasteiger partial charge in [-0.15, -0.1) is 0 Å². The molecule has 0 unspecified atom stereocenters. The van der Waals surface area contributed by atoms with Crippen LogP contribution in [0.1, 0.15) is 87.9 Å². The maximum atomic E-state index is 13.1. The smallest absolute Gasteiger partial charge is 0.338 e. The highest BCUT2D eigenvalue weighted by molar-refractivity contribution is 5.89. The molecule has 210 valence electrons. The first kappa shape index (κ1) is 27.9. The second-order valence-electron chi connectivity index (χ2n) is 12.6. The summed E-state index contributed by atoms with van der Waals surface area (Å²) in [6.45, 7) is 13.2. The molecule has 2 aliphatic heterocycles. The van der Waals surface area contributed by atoms with Gasteiger partial charge in [0.2, 0.25) is 0 Å². The second-order valence-corrected chi connectivity index (χ2v) is 12.6. The third kappa shape index (κ3) is 4.59. The maximum absolute atomic E-state index is 13.1. The quantitative estimate of drug-likeness (QED) is 0.363. The van der Waals surface area contributed by atoms with Crippen LogP contribution in [0.4, 0.5) is 0 Å². The van der Waals surface area contributed by atoms with E-state index in [4.69, 9.17) is 18.9 Å². The van der Waals surface area contributed by atoms with Crippen LogP contribution in [-0.2, 0) is 18.9 Å². The Kier molecular flexibility index (Phi) is 7.17. The molecule has 3 fully saturated rings. The summed E-state index contributed by atoms with van der Waals surface area (Å²) >= 11 is 0. The van der Waals surface area contributed by atoms with Gasteiger partial charge >= 0.3 is 11.9 Å². The molecule has 2 aromatic rings. The number of carbonyl (C=O) groups is 2. The summed E-state index contributed by atoms with van der Waals surface area (Å²) in [5.41, 5.74) is 0.0758. The van der Waals surface area contributed by atoms with Gasteiger partial charge in [0.15, 0.2) is 5.79 Å². The molecule has 0 aromatic heterocycles. The lowest BCUT2D eigenvalue weighted by molar-refractivity contribution is -0.263. The first-order chi connectivity index (χ1) is 18.5. The fraction of sp³-hybridized carbons (Fsp3) is 0.576. The van der Waals surface area contributed by atoms with Crippen molar-refractivity contribution in [1.82, 2.24) is 0 Å². The van der Waals surface area contributed by atoms with Crippen molar-refractivity contribution in [3.63, 3.8) is 0 Å². The molecule has 1 spiro atoms. The third-order valence-corrected chi connectivity index (χ3v) is 10.5. The minimum Gasteiger partial charge on any atom is -0.459 e. The van der Waals surface area contributed by atoms with E-state index in [1.807, 2.05) is 50.2 Å². The first-order valence-electron chi connectivity index (χ1n) is 14.3. The first-order valence-corrected chi connectivity index (χ1v) is 14.3. The SMILES string of the molecule is CC[C@@]1(C)C[C@@H]2O[C@]3(CC[C@@](C)(COC(=O)c4ccccc4)O3)[C@@H](C)[C@@H]2[C@@]1(C)[C@@H](C)OC(=O)c1ccccc1. The van der Waals surface area contributed by atoms with Crippen LogP contribution < -0.4 is 0 Å². The van der Waals surface area contributed by atoms with Crippen molar-refractivity contribution in [2.45, 2.75) is 90.8 Å². The Bertz CT molecular complexity index is 1200. The summed E-state index contributed by atoms with van der Waals surface area (Å²) in [7, 11) is 0. The van der Waals surface area contributed by atoms with Gasteiger partial charge in [-0.3, -0.25) is 0 Å². The van der Waals surface area contributed by atoms with Gasteiger partial charge in [-0.2, -0.15) is 0 Å². The largest absolute Gasteiger partial charge is 0.459 e. The molecule has 0 amide bonds. The molecule has 6 heteroatoms. The summed E-state index contributed by atoms with van der Waals surface area (Å²) in [6, 6.07) is 18.2. The fourth-order valence-electron chi connectivity index (χ4n) is 7.72. The van der Waals surface area contributed by atoms with Gasteiger partial charge in [0.1, 0.15) is 18.3 Å². The van der Waals surface area contributed by atoms with Crippen molar-refractivity contribution in [3.8, 4) is 0 Å². The molecule has 2 saturated heterocycles. The molecule has 2 heterocycles. The zero-order valence-corrected chi connectivity index (χ0v) is 24.1. The van der Waals surface area contributed by atoms with Crippen LogP contribution >= 0.6 is 0 Å². The topological polar surface area (TPSA) is 71.1 Å². The molecule has 39 heavy (non-hydrogen) atoms. The highest BCUT2D eigenvalue weighted by Crippen LogP contribution is 2.69. The number of hydrogen-bond donors (Lipinski definition) is 0. The molecule has 2 aromatic carbocycles. The average Bonchev–Trinajstić information content (AvgIpc) is 3.50. The lowest BCUT2D eigenvalue weighted by atomic mass is 9.57. The van der Waals surface area contributed by atoms with Crippen LogP contribution in [0.5, 0.6) is 0 Å². The van der Waals surface area contributed by atoms with Crippen molar-refractivity contribution >= 4 is 11.9 Å². The fourth-order valence-corrected chi connectivity index (χ4v) is 7.72. The highest BCUT2D eigenvalue weighted by Gasteiger charge is 2.72. The number of rotatable bonds is 7. The average molecular weight is 535 g/mol. The number of fused-ring (bicyclic) bond motifs is 1. The van der Waals surface area contributed by atoms with Crippen LogP contribution in [0.25, 0.3) is 0 Å².